The highest BCUT2D eigenvalue weighted by Crippen LogP contribution is 2.15. The van der Waals surface area contributed by atoms with Gasteiger partial charge in [0.25, 0.3) is 5.91 Å². The molecule has 0 saturated carbocycles. The molecule has 1 unspecified atom stereocenters. The fraction of sp³-hybridized carbons (Fsp3) is 0.375. The fourth-order valence-electron chi connectivity index (χ4n) is 2.89. The lowest BCUT2D eigenvalue weighted by molar-refractivity contribution is 0.0696. The van der Waals surface area contributed by atoms with Gasteiger partial charge in [-0.25, -0.2) is 17.8 Å². The van der Waals surface area contributed by atoms with E-state index in [1.165, 1.54) is 0 Å². The minimum atomic E-state index is -3.28. The molecular weight excluding hydrogens is 328 g/mol. The molecule has 0 bridgehead atoms. The Bertz CT molecular complexity index is 817. The number of nitrogens with zero attached hydrogens (tertiary/aromatic N) is 3. The molecule has 1 aliphatic rings. The van der Waals surface area contributed by atoms with Crippen LogP contribution in [0, 0.1) is 0 Å². The number of hydrogen-bond acceptors (Lipinski definition) is 4. The van der Waals surface area contributed by atoms with E-state index in [4.69, 9.17) is 0 Å². The fourth-order valence-corrected chi connectivity index (χ4v) is 3.68. The lowest BCUT2D eigenvalue weighted by Crippen LogP contribution is -2.49. The van der Waals surface area contributed by atoms with Crippen LogP contribution in [0.3, 0.4) is 0 Å². The van der Waals surface area contributed by atoms with Crippen molar-refractivity contribution >= 4 is 15.9 Å². The molecule has 1 amide bonds. The third-order valence-electron chi connectivity index (χ3n) is 3.92. The second-order valence-corrected chi connectivity index (χ2v) is 7.74. The predicted octanol–water partition coefficient (Wildman–Crippen LogP) is 1.03. The lowest BCUT2D eigenvalue weighted by atomic mass is 10.1. The van der Waals surface area contributed by atoms with Crippen LogP contribution in [-0.2, 0) is 10.0 Å². The Morgan fingerprint density at radius 3 is 2.71 bits per heavy atom. The van der Waals surface area contributed by atoms with Crippen molar-refractivity contribution in [1.29, 1.82) is 0 Å². The van der Waals surface area contributed by atoms with Gasteiger partial charge in [-0.3, -0.25) is 4.79 Å². The van der Waals surface area contributed by atoms with Crippen LogP contribution in [-0.4, -0.2) is 54.4 Å². The van der Waals surface area contributed by atoms with Crippen molar-refractivity contribution in [3.8, 4) is 5.69 Å². The van der Waals surface area contributed by atoms with E-state index >= 15 is 0 Å². The number of nitrogens with one attached hydrogen (secondary N) is 1. The van der Waals surface area contributed by atoms with E-state index in [0.717, 1.165) is 24.8 Å². The van der Waals surface area contributed by atoms with E-state index in [2.05, 4.69) is 9.82 Å². The molecule has 1 aromatic carbocycles. The van der Waals surface area contributed by atoms with E-state index in [0.29, 0.717) is 18.8 Å². The van der Waals surface area contributed by atoms with Crippen molar-refractivity contribution in [2.75, 3.05) is 19.3 Å². The molecule has 128 valence electrons. The minimum absolute atomic E-state index is 0.176. The summed E-state index contributed by atoms with van der Waals surface area (Å²) in [6.45, 7) is 0.975. The Labute approximate surface area is 141 Å². The second-order valence-electron chi connectivity index (χ2n) is 5.96. The van der Waals surface area contributed by atoms with Crippen LogP contribution < -0.4 is 4.72 Å². The number of likely N-dealkylation sites (tertiary alicyclic amines) is 1. The number of rotatable bonds is 4. The summed E-state index contributed by atoms with van der Waals surface area (Å²) in [5.74, 6) is -0.176. The van der Waals surface area contributed by atoms with Crippen LogP contribution in [0.1, 0.15) is 23.3 Å². The van der Waals surface area contributed by atoms with Crippen LogP contribution in [0.4, 0.5) is 0 Å². The molecule has 24 heavy (non-hydrogen) atoms. The number of aromatic nitrogens is 2. The van der Waals surface area contributed by atoms with Gasteiger partial charge in [-0.15, -0.1) is 0 Å². The van der Waals surface area contributed by atoms with E-state index < -0.39 is 10.0 Å². The second kappa shape index (κ2) is 6.74. The first-order chi connectivity index (χ1) is 11.4. The summed E-state index contributed by atoms with van der Waals surface area (Å²) in [7, 11) is -3.28. The summed E-state index contributed by atoms with van der Waals surface area (Å²) in [4.78, 5) is 14.3. The molecule has 2 aromatic rings. The van der Waals surface area contributed by atoms with Crippen LogP contribution in [0.2, 0.25) is 0 Å². The van der Waals surface area contributed by atoms with Crippen molar-refractivity contribution in [3.63, 3.8) is 0 Å². The molecule has 1 aliphatic heterocycles. The molecule has 1 fully saturated rings. The van der Waals surface area contributed by atoms with Crippen LogP contribution >= 0.6 is 0 Å². The van der Waals surface area contributed by atoms with Crippen LogP contribution in [0.5, 0.6) is 0 Å². The monoisotopic (exact) mass is 348 g/mol. The lowest BCUT2D eigenvalue weighted by Gasteiger charge is -2.32. The van der Waals surface area contributed by atoms with Crippen LogP contribution in [0.25, 0.3) is 5.69 Å². The number of hydrogen-bond donors (Lipinski definition) is 1. The first kappa shape index (κ1) is 16.7. The summed E-state index contributed by atoms with van der Waals surface area (Å²) in [6, 6.07) is 11.0. The number of para-hydroxylation sites is 1. The third kappa shape index (κ3) is 4.01. The van der Waals surface area contributed by atoms with Crippen molar-refractivity contribution < 1.29 is 13.2 Å². The van der Waals surface area contributed by atoms with Gasteiger partial charge in [-0.05, 0) is 31.0 Å². The maximum absolute atomic E-state index is 12.6. The Morgan fingerprint density at radius 2 is 2.00 bits per heavy atom. The third-order valence-corrected chi connectivity index (χ3v) is 4.68. The van der Waals surface area contributed by atoms with Gasteiger partial charge >= 0.3 is 0 Å². The quantitative estimate of drug-likeness (QED) is 0.894. The molecule has 0 aliphatic carbocycles. The average Bonchev–Trinajstić information content (AvgIpc) is 3.03. The van der Waals surface area contributed by atoms with Gasteiger partial charge in [-0.1, -0.05) is 18.2 Å². The van der Waals surface area contributed by atoms with E-state index in [1.807, 2.05) is 30.3 Å². The number of amides is 1. The number of carbonyl (C=O) groups excluding carboxylic acids is 1. The molecule has 1 aromatic heterocycles. The number of sulfonamides is 1. The Hall–Kier alpha value is -2.19. The summed E-state index contributed by atoms with van der Waals surface area (Å²) in [5.41, 5.74) is 1.24. The molecule has 2 heterocycles. The van der Waals surface area contributed by atoms with Gasteiger partial charge < -0.3 is 4.90 Å². The molecular formula is C16H20N4O3S. The molecule has 1 saturated heterocycles. The maximum atomic E-state index is 12.6. The number of carbonyl (C=O) groups is 1. The van der Waals surface area contributed by atoms with Gasteiger partial charge in [0.05, 0.1) is 11.9 Å². The largest absolute Gasteiger partial charge is 0.336 e. The van der Waals surface area contributed by atoms with Crippen molar-refractivity contribution in [2.45, 2.75) is 18.9 Å². The van der Waals surface area contributed by atoms with E-state index in [1.54, 1.807) is 21.8 Å². The maximum Gasteiger partial charge on any atom is 0.274 e. The first-order valence-electron chi connectivity index (χ1n) is 7.80. The summed E-state index contributed by atoms with van der Waals surface area (Å²) >= 11 is 0. The van der Waals surface area contributed by atoms with Gasteiger partial charge in [0.15, 0.2) is 5.69 Å². The first-order valence-corrected chi connectivity index (χ1v) is 9.69. The van der Waals surface area contributed by atoms with Crippen LogP contribution in [0.15, 0.2) is 42.6 Å². The summed E-state index contributed by atoms with van der Waals surface area (Å²) in [5, 5.41) is 4.34. The van der Waals surface area contributed by atoms with E-state index in [-0.39, 0.29) is 11.9 Å². The highest BCUT2D eigenvalue weighted by molar-refractivity contribution is 7.88. The van der Waals surface area contributed by atoms with E-state index in [9.17, 15) is 13.2 Å². The van der Waals surface area contributed by atoms with Crippen molar-refractivity contribution in [2.24, 2.45) is 0 Å². The molecule has 1 N–H and O–H groups in total. The predicted molar refractivity (Wildman–Crippen MR) is 90.5 cm³/mol. The zero-order valence-corrected chi connectivity index (χ0v) is 14.2. The van der Waals surface area contributed by atoms with Gasteiger partial charge in [0.2, 0.25) is 10.0 Å². The van der Waals surface area contributed by atoms with Crippen molar-refractivity contribution in [3.05, 3.63) is 48.3 Å². The summed E-state index contributed by atoms with van der Waals surface area (Å²) < 4.78 is 27.0. The highest BCUT2D eigenvalue weighted by atomic mass is 32.2. The highest BCUT2D eigenvalue weighted by Gasteiger charge is 2.27. The zero-order chi connectivity index (χ0) is 17.2. The van der Waals surface area contributed by atoms with Gasteiger partial charge in [0.1, 0.15) is 0 Å². The number of benzene rings is 1. The molecule has 0 spiro atoms. The average molecular weight is 348 g/mol. The van der Waals surface area contributed by atoms with Gasteiger partial charge in [0, 0.05) is 25.3 Å². The molecule has 8 heteroatoms. The Kier molecular flexibility index (Phi) is 4.68. The SMILES string of the molecule is CS(=O)(=O)NC1CCCN(C(=O)c2ccn(-c3ccccc3)n2)C1. The standard InChI is InChI=1S/C16H20N4O3S/c1-24(22,23)18-13-6-5-10-19(12-13)16(21)15-9-11-20(17-15)14-7-3-2-4-8-14/h2-4,7-9,11,13,18H,5-6,10,12H2,1H3. The molecule has 7 nitrogen and oxygen atoms in total. The minimum Gasteiger partial charge on any atom is -0.336 e. The Morgan fingerprint density at radius 1 is 1.25 bits per heavy atom. The van der Waals surface area contributed by atoms with Gasteiger partial charge in [-0.2, -0.15) is 5.10 Å². The number of piperidine rings is 1. The Balaban J connectivity index is 1.71. The smallest absolute Gasteiger partial charge is 0.274 e. The van der Waals surface area contributed by atoms with Crippen molar-refractivity contribution in [1.82, 2.24) is 19.4 Å². The molecule has 0 radical (unpaired) electrons. The summed E-state index contributed by atoms with van der Waals surface area (Å²) in [6.07, 6.45) is 4.38. The molecule has 3 rings (SSSR count). The normalized spacial score (nSPS) is 18.5. The molecule has 1 atom stereocenters. The zero-order valence-electron chi connectivity index (χ0n) is 13.4. The topological polar surface area (TPSA) is 84.3 Å².